The van der Waals surface area contributed by atoms with Crippen molar-refractivity contribution in [3.63, 3.8) is 0 Å². The van der Waals surface area contributed by atoms with Crippen molar-refractivity contribution < 1.29 is 26.1 Å². The molecule has 132 valence electrons. The Balaban J connectivity index is 2.02. The van der Waals surface area contributed by atoms with Gasteiger partial charge in [0.05, 0.1) is 5.75 Å². The zero-order chi connectivity index (χ0) is 17.8. The van der Waals surface area contributed by atoms with Gasteiger partial charge in [-0.3, -0.25) is 0 Å². The zero-order valence-electron chi connectivity index (χ0n) is 12.8. The minimum Gasteiger partial charge on any atom is -0.329 e. The zero-order valence-corrected chi connectivity index (χ0v) is 13.6. The van der Waals surface area contributed by atoms with E-state index in [2.05, 4.69) is 19.4 Å². The van der Waals surface area contributed by atoms with Gasteiger partial charge in [-0.05, 0) is 12.0 Å². The fourth-order valence-corrected chi connectivity index (χ4v) is 3.03. The van der Waals surface area contributed by atoms with Crippen LogP contribution in [0.25, 0.3) is 11.4 Å². The molecular formula is C14H16F3N3O3S. The number of nitrogens with one attached hydrogen (secondary N) is 1. The van der Waals surface area contributed by atoms with E-state index in [4.69, 9.17) is 0 Å². The molecule has 2 rings (SSSR count). The summed E-state index contributed by atoms with van der Waals surface area (Å²) >= 11 is 0. The quantitative estimate of drug-likeness (QED) is 0.817. The molecule has 0 radical (unpaired) electrons. The van der Waals surface area contributed by atoms with Crippen molar-refractivity contribution in [3.8, 4) is 11.4 Å². The van der Waals surface area contributed by atoms with Gasteiger partial charge in [0.15, 0.2) is 0 Å². The third-order valence-electron chi connectivity index (χ3n) is 3.14. The van der Waals surface area contributed by atoms with Crippen molar-refractivity contribution >= 4 is 10.0 Å². The van der Waals surface area contributed by atoms with E-state index in [9.17, 15) is 21.6 Å². The summed E-state index contributed by atoms with van der Waals surface area (Å²) < 4.78 is 67.3. The molecule has 0 saturated carbocycles. The molecule has 0 atom stereocenters. The summed E-state index contributed by atoms with van der Waals surface area (Å²) in [7, 11) is -3.33. The SMILES string of the molecule is CCCCS(=O)(=O)NCc1ccc(-c2noc(C(F)(F)F)n2)cc1. The fourth-order valence-electron chi connectivity index (χ4n) is 1.83. The average Bonchev–Trinajstić information content (AvgIpc) is 3.02. The van der Waals surface area contributed by atoms with E-state index >= 15 is 0 Å². The van der Waals surface area contributed by atoms with Gasteiger partial charge in [0.25, 0.3) is 0 Å². The molecule has 0 aliphatic heterocycles. The number of unbranched alkanes of at least 4 members (excludes halogenated alkanes) is 1. The highest BCUT2D eigenvalue weighted by Gasteiger charge is 2.38. The van der Waals surface area contributed by atoms with Crippen molar-refractivity contribution in [2.75, 3.05) is 5.75 Å². The van der Waals surface area contributed by atoms with E-state index in [1.165, 1.54) is 12.1 Å². The predicted octanol–water partition coefficient (Wildman–Crippen LogP) is 2.97. The highest BCUT2D eigenvalue weighted by Crippen LogP contribution is 2.29. The summed E-state index contributed by atoms with van der Waals surface area (Å²) in [6.45, 7) is 2.00. The van der Waals surface area contributed by atoms with E-state index in [0.29, 0.717) is 17.5 Å². The molecule has 0 aliphatic carbocycles. The molecule has 6 nitrogen and oxygen atoms in total. The number of halogens is 3. The molecule has 0 unspecified atom stereocenters. The second-order valence-electron chi connectivity index (χ2n) is 5.11. The normalized spacial score (nSPS) is 12.5. The van der Waals surface area contributed by atoms with Gasteiger partial charge in [0.1, 0.15) is 0 Å². The second kappa shape index (κ2) is 7.31. The van der Waals surface area contributed by atoms with Crippen molar-refractivity contribution in [1.82, 2.24) is 14.9 Å². The lowest BCUT2D eigenvalue weighted by Crippen LogP contribution is -2.25. The van der Waals surface area contributed by atoms with Crippen LogP contribution in [0.15, 0.2) is 28.8 Å². The van der Waals surface area contributed by atoms with Gasteiger partial charge in [-0.15, -0.1) is 0 Å². The highest BCUT2D eigenvalue weighted by molar-refractivity contribution is 7.89. The van der Waals surface area contributed by atoms with E-state index in [0.717, 1.165) is 6.42 Å². The first kappa shape index (κ1) is 18.4. The first-order valence-corrected chi connectivity index (χ1v) is 8.84. The van der Waals surface area contributed by atoms with Crippen LogP contribution >= 0.6 is 0 Å². The molecule has 1 aromatic carbocycles. The van der Waals surface area contributed by atoms with Crippen molar-refractivity contribution in [2.24, 2.45) is 0 Å². The molecule has 1 aromatic heterocycles. The van der Waals surface area contributed by atoms with Gasteiger partial charge >= 0.3 is 12.1 Å². The van der Waals surface area contributed by atoms with Crippen LogP contribution in [0.2, 0.25) is 0 Å². The molecule has 0 fully saturated rings. The molecule has 1 N–H and O–H groups in total. The first-order valence-electron chi connectivity index (χ1n) is 7.19. The number of rotatable bonds is 7. The van der Waals surface area contributed by atoms with Crippen LogP contribution in [0, 0.1) is 0 Å². The maximum Gasteiger partial charge on any atom is 0.471 e. The molecule has 1 heterocycles. The fraction of sp³-hybridized carbons (Fsp3) is 0.429. The van der Waals surface area contributed by atoms with Crippen molar-refractivity contribution in [2.45, 2.75) is 32.5 Å². The Kier molecular flexibility index (Phi) is 5.60. The maximum atomic E-state index is 12.4. The highest BCUT2D eigenvalue weighted by atomic mass is 32.2. The number of aromatic nitrogens is 2. The molecule has 2 aromatic rings. The van der Waals surface area contributed by atoms with Crippen LogP contribution in [0.1, 0.15) is 31.2 Å². The van der Waals surface area contributed by atoms with Crippen LogP contribution in [0.3, 0.4) is 0 Å². The summed E-state index contributed by atoms with van der Waals surface area (Å²) in [6.07, 6.45) is -3.34. The molecule has 24 heavy (non-hydrogen) atoms. The Labute approximate surface area is 137 Å². The monoisotopic (exact) mass is 363 g/mol. The van der Waals surface area contributed by atoms with Gasteiger partial charge in [-0.2, -0.15) is 18.2 Å². The maximum absolute atomic E-state index is 12.4. The number of sulfonamides is 1. The number of hydrogen-bond donors (Lipinski definition) is 1. The van der Waals surface area contributed by atoms with Crippen LogP contribution in [-0.2, 0) is 22.7 Å². The molecule has 0 amide bonds. The summed E-state index contributed by atoms with van der Waals surface area (Å²) in [5.74, 6) is -1.53. The second-order valence-corrected chi connectivity index (χ2v) is 7.04. The van der Waals surface area contributed by atoms with Gasteiger partial charge in [-0.25, -0.2) is 13.1 Å². The first-order chi connectivity index (χ1) is 11.2. The molecule has 10 heteroatoms. The standard InChI is InChI=1S/C14H16F3N3O3S/c1-2-3-8-24(21,22)18-9-10-4-6-11(7-5-10)12-19-13(23-20-12)14(15,16)17/h4-7,18H,2-3,8-9H2,1H3. The van der Waals surface area contributed by atoms with Gasteiger partial charge in [0.2, 0.25) is 15.8 Å². The Morgan fingerprint density at radius 3 is 2.42 bits per heavy atom. The van der Waals surface area contributed by atoms with E-state index in [1.54, 1.807) is 12.1 Å². The lowest BCUT2D eigenvalue weighted by molar-refractivity contribution is -0.159. The minimum absolute atomic E-state index is 0.0602. The Bertz CT molecular complexity index is 771. The third-order valence-corrected chi connectivity index (χ3v) is 4.55. The predicted molar refractivity (Wildman–Crippen MR) is 80.3 cm³/mol. The minimum atomic E-state index is -4.69. The number of benzene rings is 1. The van der Waals surface area contributed by atoms with Crippen LogP contribution in [0.4, 0.5) is 13.2 Å². The summed E-state index contributed by atoms with van der Waals surface area (Å²) in [5.41, 5.74) is 1.00. The van der Waals surface area contributed by atoms with Crippen LogP contribution < -0.4 is 4.72 Å². The van der Waals surface area contributed by atoms with Crippen LogP contribution in [-0.4, -0.2) is 24.3 Å². The third kappa shape index (κ3) is 5.03. The number of nitrogens with zero attached hydrogens (tertiary/aromatic N) is 2. The Hall–Kier alpha value is -1.94. The van der Waals surface area contributed by atoms with Crippen molar-refractivity contribution in [3.05, 3.63) is 35.7 Å². The smallest absolute Gasteiger partial charge is 0.329 e. The lowest BCUT2D eigenvalue weighted by Gasteiger charge is -2.06. The summed E-state index contributed by atoms with van der Waals surface area (Å²) in [6, 6.07) is 6.17. The largest absolute Gasteiger partial charge is 0.471 e. The van der Waals surface area contributed by atoms with E-state index < -0.39 is 22.1 Å². The molecular weight excluding hydrogens is 347 g/mol. The number of hydrogen-bond acceptors (Lipinski definition) is 5. The summed E-state index contributed by atoms with van der Waals surface area (Å²) in [4.78, 5) is 3.29. The van der Waals surface area contributed by atoms with E-state index in [1.807, 2.05) is 6.92 Å². The summed E-state index contributed by atoms with van der Waals surface area (Å²) in [5, 5.41) is 3.28. The molecule has 0 aliphatic rings. The van der Waals surface area contributed by atoms with Crippen molar-refractivity contribution in [1.29, 1.82) is 0 Å². The lowest BCUT2D eigenvalue weighted by atomic mass is 10.1. The van der Waals surface area contributed by atoms with E-state index in [-0.39, 0.29) is 18.1 Å². The van der Waals surface area contributed by atoms with Gasteiger partial charge in [-0.1, -0.05) is 42.8 Å². The Morgan fingerprint density at radius 1 is 1.21 bits per heavy atom. The topological polar surface area (TPSA) is 85.1 Å². The van der Waals surface area contributed by atoms with Gasteiger partial charge < -0.3 is 4.52 Å². The Morgan fingerprint density at radius 2 is 1.88 bits per heavy atom. The van der Waals surface area contributed by atoms with Crippen LogP contribution in [0.5, 0.6) is 0 Å². The molecule has 0 spiro atoms. The van der Waals surface area contributed by atoms with Gasteiger partial charge in [0, 0.05) is 12.1 Å². The molecule has 0 bridgehead atoms. The number of alkyl halides is 3. The average molecular weight is 363 g/mol. The molecule has 0 saturated heterocycles.